The standard InChI is InChI=1S/C18H23N3O4/c1-3-4-5-6-7-8-15-16(18(23)19-2)17(22)13-11-12(21(24)25)9-10-14(13)20-15/h9-11H,3-8H2,1-2H3,(H,19,23)(H,20,22). The number of nitrogens with one attached hydrogen (secondary N) is 2. The minimum atomic E-state index is -0.555. The van der Waals surface area contributed by atoms with Crippen LogP contribution in [-0.4, -0.2) is 22.9 Å². The monoisotopic (exact) mass is 345 g/mol. The van der Waals surface area contributed by atoms with Crippen LogP contribution >= 0.6 is 0 Å². The summed E-state index contributed by atoms with van der Waals surface area (Å²) in [6.45, 7) is 2.14. The van der Waals surface area contributed by atoms with Gasteiger partial charge >= 0.3 is 0 Å². The number of H-pyrrole nitrogens is 1. The molecule has 1 amide bonds. The van der Waals surface area contributed by atoms with E-state index in [-0.39, 0.29) is 16.6 Å². The first-order valence-electron chi connectivity index (χ1n) is 8.55. The van der Waals surface area contributed by atoms with E-state index in [0.29, 0.717) is 17.6 Å². The second kappa shape index (κ2) is 8.41. The quantitative estimate of drug-likeness (QED) is 0.435. The molecule has 1 aromatic heterocycles. The number of rotatable bonds is 8. The third-order valence-corrected chi connectivity index (χ3v) is 4.26. The first-order chi connectivity index (χ1) is 12.0. The van der Waals surface area contributed by atoms with E-state index >= 15 is 0 Å². The van der Waals surface area contributed by atoms with E-state index in [1.807, 2.05) is 0 Å². The summed E-state index contributed by atoms with van der Waals surface area (Å²) in [4.78, 5) is 38.5. The normalized spacial score (nSPS) is 10.8. The fourth-order valence-electron chi connectivity index (χ4n) is 2.90. The molecular weight excluding hydrogens is 322 g/mol. The van der Waals surface area contributed by atoms with Crippen molar-refractivity contribution in [1.82, 2.24) is 10.3 Å². The van der Waals surface area contributed by atoms with Crippen molar-refractivity contribution in [3.8, 4) is 0 Å². The number of amides is 1. The van der Waals surface area contributed by atoms with Crippen molar-refractivity contribution in [2.24, 2.45) is 0 Å². The molecule has 0 bridgehead atoms. The Kier molecular flexibility index (Phi) is 6.27. The zero-order valence-corrected chi connectivity index (χ0v) is 14.6. The first-order valence-corrected chi connectivity index (χ1v) is 8.55. The maximum absolute atomic E-state index is 12.8. The lowest BCUT2D eigenvalue weighted by Crippen LogP contribution is -2.28. The van der Waals surface area contributed by atoms with Gasteiger partial charge in [0.15, 0.2) is 0 Å². The molecule has 0 aliphatic heterocycles. The number of unbranched alkanes of at least 4 members (excludes halogenated alkanes) is 4. The Morgan fingerprint density at radius 2 is 1.96 bits per heavy atom. The van der Waals surface area contributed by atoms with Gasteiger partial charge < -0.3 is 10.3 Å². The van der Waals surface area contributed by atoms with E-state index in [2.05, 4.69) is 17.2 Å². The van der Waals surface area contributed by atoms with Gasteiger partial charge in [-0.3, -0.25) is 19.7 Å². The van der Waals surface area contributed by atoms with E-state index < -0.39 is 16.3 Å². The zero-order valence-electron chi connectivity index (χ0n) is 14.6. The summed E-state index contributed by atoms with van der Waals surface area (Å²) in [6.07, 6.45) is 5.93. The Hall–Kier alpha value is -2.70. The van der Waals surface area contributed by atoms with Crippen molar-refractivity contribution in [3.63, 3.8) is 0 Å². The Balaban J connectivity index is 2.45. The Morgan fingerprint density at radius 1 is 1.24 bits per heavy atom. The van der Waals surface area contributed by atoms with Crippen LogP contribution in [0.2, 0.25) is 0 Å². The number of carbonyl (C=O) groups excluding carboxylic acids is 1. The SMILES string of the molecule is CCCCCCCc1[nH]c2ccc([N+](=O)[O-])cc2c(=O)c1C(=O)NC. The number of hydrogen-bond acceptors (Lipinski definition) is 4. The first kappa shape index (κ1) is 18.6. The van der Waals surface area contributed by atoms with Crippen LogP contribution in [0.3, 0.4) is 0 Å². The molecule has 0 atom stereocenters. The van der Waals surface area contributed by atoms with Crippen LogP contribution in [0.1, 0.15) is 55.1 Å². The van der Waals surface area contributed by atoms with E-state index in [1.54, 1.807) is 0 Å². The highest BCUT2D eigenvalue weighted by atomic mass is 16.6. The number of carbonyl (C=O) groups is 1. The fourth-order valence-corrected chi connectivity index (χ4v) is 2.90. The predicted octanol–water partition coefficient (Wildman–Crippen LogP) is 3.31. The number of aromatic amines is 1. The Morgan fingerprint density at radius 3 is 2.60 bits per heavy atom. The lowest BCUT2D eigenvalue weighted by atomic mass is 10.0. The van der Waals surface area contributed by atoms with Crippen LogP contribution in [0.5, 0.6) is 0 Å². The van der Waals surface area contributed by atoms with Gasteiger partial charge in [0.2, 0.25) is 5.43 Å². The van der Waals surface area contributed by atoms with Crippen LogP contribution in [0.25, 0.3) is 10.9 Å². The van der Waals surface area contributed by atoms with E-state index in [0.717, 1.165) is 25.7 Å². The molecule has 0 unspecified atom stereocenters. The molecule has 0 saturated carbocycles. The molecule has 0 aliphatic carbocycles. The summed E-state index contributed by atoms with van der Waals surface area (Å²) >= 11 is 0. The molecular formula is C18H23N3O4. The van der Waals surface area contributed by atoms with Crippen molar-refractivity contribution in [3.05, 3.63) is 49.8 Å². The van der Waals surface area contributed by atoms with Crippen LogP contribution in [0, 0.1) is 10.1 Å². The van der Waals surface area contributed by atoms with E-state index in [1.165, 1.54) is 31.7 Å². The molecule has 0 spiro atoms. The lowest BCUT2D eigenvalue weighted by Gasteiger charge is -2.10. The molecule has 2 aromatic rings. The van der Waals surface area contributed by atoms with E-state index in [4.69, 9.17) is 0 Å². The molecule has 0 saturated heterocycles. The Labute approximate surface area is 145 Å². The van der Waals surface area contributed by atoms with Crippen LogP contribution in [-0.2, 0) is 6.42 Å². The molecule has 2 N–H and O–H groups in total. The number of nitro groups is 1. The van der Waals surface area contributed by atoms with Crippen LogP contribution in [0.4, 0.5) is 5.69 Å². The summed E-state index contributed by atoms with van der Waals surface area (Å²) in [5, 5.41) is 13.6. The second-order valence-corrected chi connectivity index (χ2v) is 6.04. The molecule has 1 heterocycles. The molecule has 0 radical (unpaired) electrons. The number of aryl methyl sites for hydroxylation is 1. The van der Waals surface area contributed by atoms with Crippen LogP contribution < -0.4 is 10.7 Å². The number of aromatic nitrogens is 1. The summed E-state index contributed by atoms with van der Waals surface area (Å²) in [7, 11) is 1.46. The minimum absolute atomic E-state index is 0.0472. The number of benzene rings is 1. The number of hydrogen-bond donors (Lipinski definition) is 2. The van der Waals surface area contributed by atoms with Crippen molar-refractivity contribution in [2.75, 3.05) is 7.05 Å². The molecule has 2 rings (SSSR count). The summed E-state index contributed by atoms with van der Waals surface area (Å²) in [6, 6.07) is 4.08. The fraction of sp³-hybridized carbons (Fsp3) is 0.444. The van der Waals surface area contributed by atoms with Crippen LogP contribution in [0.15, 0.2) is 23.0 Å². The van der Waals surface area contributed by atoms with Gasteiger partial charge in [-0.05, 0) is 18.9 Å². The Bertz CT molecular complexity index is 842. The molecule has 0 aliphatic rings. The van der Waals surface area contributed by atoms with Gasteiger partial charge in [0.1, 0.15) is 5.56 Å². The average molecular weight is 345 g/mol. The molecule has 7 nitrogen and oxygen atoms in total. The van der Waals surface area contributed by atoms with Crippen molar-refractivity contribution >= 4 is 22.5 Å². The van der Waals surface area contributed by atoms with Crippen molar-refractivity contribution in [1.29, 1.82) is 0 Å². The maximum atomic E-state index is 12.8. The van der Waals surface area contributed by atoms with Gasteiger partial charge in [-0.15, -0.1) is 0 Å². The average Bonchev–Trinajstić information content (AvgIpc) is 2.60. The maximum Gasteiger partial charge on any atom is 0.270 e. The molecule has 25 heavy (non-hydrogen) atoms. The van der Waals surface area contributed by atoms with E-state index in [9.17, 15) is 19.7 Å². The summed E-state index contributed by atoms with van der Waals surface area (Å²) in [5.74, 6) is -0.474. The number of fused-ring (bicyclic) bond motifs is 1. The molecule has 1 aromatic carbocycles. The predicted molar refractivity (Wildman–Crippen MR) is 97.1 cm³/mol. The van der Waals surface area contributed by atoms with Gasteiger partial charge in [0.25, 0.3) is 11.6 Å². The largest absolute Gasteiger partial charge is 0.358 e. The van der Waals surface area contributed by atoms with Gasteiger partial charge in [-0.25, -0.2) is 0 Å². The lowest BCUT2D eigenvalue weighted by molar-refractivity contribution is -0.384. The molecule has 134 valence electrons. The second-order valence-electron chi connectivity index (χ2n) is 6.04. The zero-order chi connectivity index (χ0) is 18.4. The highest BCUT2D eigenvalue weighted by Crippen LogP contribution is 2.20. The third-order valence-electron chi connectivity index (χ3n) is 4.26. The van der Waals surface area contributed by atoms with Crippen molar-refractivity contribution in [2.45, 2.75) is 45.4 Å². The van der Waals surface area contributed by atoms with Crippen molar-refractivity contribution < 1.29 is 9.72 Å². The summed E-state index contributed by atoms with van der Waals surface area (Å²) < 4.78 is 0. The molecule has 0 fully saturated rings. The highest BCUT2D eigenvalue weighted by molar-refractivity contribution is 5.98. The number of pyridine rings is 1. The number of nitrogens with zero attached hydrogens (tertiary/aromatic N) is 1. The molecule has 7 heteroatoms. The van der Waals surface area contributed by atoms with Gasteiger partial charge in [-0.1, -0.05) is 32.6 Å². The minimum Gasteiger partial charge on any atom is -0.358 e. The third kappa shape index (κ3) is 4.23. The smallest absolute Gasteiger partial charge is 0.270 e. The topological polar surface area (TPSA) is 105 Å². The van der Waals surface area contributed by atoms with Gasteiger partial charge in [-0.2, -0.15) is 0 Å². The number of non-ortho nitro benzene ring substituents is 1. The van der Waals surface area contributed by atoms with Gasteiger partial charge in [0, 0.05) is 24.9 Å². The highest BCUT2D eigenvalue weighted by Gasteiger charge is 2.19. The number of nitro benzene ring substituents is 1. The summed E-state index contributed by atoms with van der Waals surface area (Å²) in [5.41, 5.74) is 0.494. The van der Waals surface area contributed by atoms with Gasteiger partial charge in [0.05, 0.1) is 15.8 Å².